The molecule has 0 fully saturated rings. The number of carbonyl (C=O) groups excluding carboxylic acids is 1. The van der Waals surface area contributed by atoms with Gasteiger partial charge < -0.3 is 11.1 Å². The second kappa shape index (κ2) is 7.01. The molecule has 0 aliphatic carbocycles. The van der Waals surface area contributed by atoms with Crippen LogP contribution in [0, 0.1) is 0 Å². The van der Waals surface area contributed by atoms with Crippen LogP contribution in [0.5, 0.6) is 0 Å². The van der Waals surface area contributed by atoms with Crippen molar-refractivity contribution in [3.05, 3.63) is 29.8 Å². The molecular weight excluding hydrogens is 200 g/mol. The summed E-state index contributed by atoms with van der Waals surface area (Å²) in [6.07, 6.45) is 4.85. The third-order valence-electron chi connectivity index (χ3n) is 2.49. The molecule has 0 atom stereocenters. The lowest BCUT2D eigenvalue weighted by atomic mass is 10.1. The predicted molar refractivity (Wildman–Crippen MR) is 67.4 cm³/mol. The molecule has 1 amide bonds. The number of aryl methyl sites for hydroxylation is 1. The molecule has 0 saturated carbocycles. The van der Waals surface area contributed by atoms with Gasteiger partial charge in [-0.25, -0.2) is 0 Å². The average Bonchev–Trinajstić information content (AvgIpc) is 2.31. The average molecular weight is 220 g/mol. The Hall–Kier alpha value is -1.35. The second-order valence-corrected chi connectivity index (χ2v) is 3.91. The van der Waals surface area contributed by atoms with Crippen LogP contribution in [0.25, 0.3) is 0 Å². The molecule has 3 heteroatoms. The molecule has 0 aliphatic rings. The van der Waals surface area contributed by atoms with Gasteiger partial charge in [0.05, 0.1) is 6.54 Å². The summed E-state index contributed by atoms with van der Waals surface area (Å²) in [5.41, 5.74) is 7.35. The van der Waals surface area contributed by atoms with Crippen molar-refractivity contribution in [2.45, 2.75) is 32.6 Å². The van der Waals surface area contributed by atoms with Crippen LogP contribution in [0.15, 0.2) is 24.3 Å². The molecule has 0 saturated heterocycles. The summed E-state index contributed by atoms with van der Waals surface area (Å²) >= 11 is 0. The van der Waals surface area contributed by atoms with E-state index in [1.54, 1.807) is 0 Å². The fourth-order valence-corrected chi connectivity index (χ4v) is 1.55. The molecule has 0 heterocycles. The zero-order valence-corrected chi connectivity index (χ0v) is 9.83. The van der Waals surface area contributed by atoms with E-state index in [2.05, 4.69) is 24.4 Å². The van der Waals surface area contributed by atoms with Crippen LogP contribution in [-0.4, -0.2) is 12.5 Å². The summed E-state index contributed by atoms with van der Waals surface area (Å²) in [5, 5.41) is 2.72. The van der Waals surface area contributed by atoms with E-state index in [0.29, 0.717) is 0 Å². The minimum absolute atomic E-state index is 0.0260. The molecule has 1 aromatic carbocycles. The van der Waals surface area contributed by atoms with Crippen LogP contribution in [0.1, 0.15) is 31.7 Å². The van der Waals surface area contributed by atoms with Gasteiger partial charge in [-0.15, -0.1) is 0 Å². The predicted octanol–water partition coefficient (Wildman–Crippen LogP) is 2.32. The molecule has 1 aromatic rings. The van der Waals surface area contributed by atoms with Gasteiger partial charge in [-0.1, -0.05) is 31.9 Å². The Morgan fingerprint density at radius 1 is 1.25 bits per heavy atom. The van der Waals surface area contributed by atoms with E-state index in [1.807, 2.05) is 12.1 Å². The number of benzene rings is 1. The van der Waals surface area contributed by atoms with Crippen LogP contribution in [0.2, 0.25) is 0 Å². The first kappa shape index (κ1) is 12.7. The summed E-state index contributed by atoms with van der Waals surface area (Å²) in [5.74, 6) is -0.154. The molecule has 0 aromatic heterocycles. The second-order valence-electron chi connectivity index (χ2n) is 3.91. The van der Waals surface area contributed by atoms with Crippen LogP contribution in [-0.2, 0) is 11.2 Å². The van der Waals surface area contributed by atoms with E-state index in [1.165, 1.54) is 24.8 Å². The van der Waals surface area contributed by atoms with Gasteiger partial charge in [0.2, 0.25) is 5.91 Å². The Morgan fingerprint density at radius 3 is 2.50 bits per heavy atom. The van der Waals surface area contributed by atoms with Crippen molar-refractivity contribution in [1.29, 1.82) is 0 Å². The number of nitrogens with one attached hydrogen (secondary N) is 1. The highest BCUT2D eigenvalue weighted by Gasteiger charge is 1.99. The van der Waals surface area contributed by atoms with Crippen molar-refractivity contribution in [2.24, 2.45) is 5.73 Å². The highest BCUT2D eigenvalue weighted by atomic mass is 16.1. The maximum atomic E-state index is 11.0. The summed E-state index contributed by atoms with van der Waals surface area (Å²) in [4.78, 5) is 11.0. The lowest BCUT2D eigenvalue weighted by molar-refractivity contribution is -0.114. The lowest BCUT2D eigenvalue weighted by Crippen LogP contribution is -2.21. The van der Waals surface area contributed by atoms with Gasteiger partial charge in [0.15, 0.2) is 0 Å². The van der Waals surface area contributed by atoms with Gasteiger partial charge >= 0.3 is 0 Å². The van der Waals surface area contributed by atoms with E-state index in [9.17, 15) is 4.79 Å². The number of nitrogens with two attached hydrogens (primary N) is 1. The van der Waals surface area contributed by atoms with Crippen LogP contribution >= 0.6 is 0 Å². The maximum absolute atomic E-state index is 11.0. The summed E-state index contributed by atoms with van der Waals surface area (Å²) < 4.78 is 0. The fraction of sp³-hybridized carbons (Fsp3) is 0.462. The molecular formula is C13H20N2O. The van der Waals surface area contributed by atoms with Crippen LogP contribution in [0.3, 0.4) is 0 Å². The summed E-state index contributed by atoms with van der Waals surface area (Å²) in [6.45, 7) is 2.23. The minimum Gasteiger partial charge on any atom is -0.325 e. The molecule has 88 valence electrons. The van der Waals surface area contributed by atoms with Crippen LogP contribution < -0.4 is 11.1 Å². The zero-order chi connectivity index (χ0) is 11.8. The molecule has 1 rings (SSSR count). The molecule has 3 nitrogen and oxygen atoms in total. The van der Waals surface area contributed by atoms with Crippen molar-refractivity contribution < 1.29 is 4.79 Å². The topological polar surface area (TPSA) is 55.1 Å². The monoisotopic (exact) mass is 220 g/mol. The normalized spacial score (nSPS) is 10.1. The van der Waals surface area contributed by atoms with Crippen molar-refractivity contribution in [3.8, 4) is 0 Å². The Balaban J connectivity index is 2.44. The molecule has 0 aliphatic heterocycles. The quantitative estimate of drug-likeness (QED) is 0.723. The SMILES string of the molecule is CCCCCc1ccc(NC(=O)CN)cc1. The maximum Gasteiger partial charge on any atom is 0.238 e. The standard InChI is InChI=1S/C13H20N2O/c1-2-3-4-5-11-6-8-12(9-7-11)15-13(16)10-14/h6-9H,2-5,10,14H2,1H3,(H,15,16). The van der Waals surface area contributed by atoms with Crippen molar-refractivity contribution in [3.63, 3.8) is 0 Å². The van der Waals surface area contributed by atoms with Gasteiger partial charge in [-0.3, -0.25) is 4.79 Å². The Kier molecular flexibility index (Phi) is 5.57. The molecule has 16 heavy (non-hydrogen) atoms. The molecule has 0 bridgehead atoms. The Morgan fingerprint density at radius 2 is 1.94 bits per heavy atom. The number of amides is 1. The number of hydrogen-bond acceptors (Lipinski definition) is 2. The Labute approximate surface area is 97.0 Å². The van der Waals surface area contributed by atoms with Gasteiger partial charge in [0.1, 0.15) is 0 Å². The van der Waals surface area contributed by atoms with E-state index in [4.69, 9.17) is 5.73 Å². The third-order valence-corrected chi connectivity index (χ3v) is 2.49. The van der Waals surface area contributed by atoms with Gasteiger partial charge in [0.25, 0.3) is 0 Å². The first-order valence-corrected chi connectivity index (χ1v) is 5.85. The number of rotatable bonds is 6. The Bertz CT molecular complexity index is 319. The van der Waals surface area contributed by atoms with E-state index in [-0.39, 0.29) is 12.5 Å². The summed E-state index contributed by atoms with van der Waals surface area (Å²) in [6, 6.07) is 7.97. The van der Waals surface area contributed by atoms with Crippen molar-refractivity contribution >= 4 is 11.6 Å². The highest BCUT2D eigenvalue weighted by molar-refractivity contribution is 5.92. The number of hydrogen-bond donors (Lipinski definition) is 2. The molecule has 3 N–H and O–H groups in total. The van der Waals surface area contributed by atoms with Crippen molar-refractivity contribution in [2.75, 3.05) is 11.9 Å². The first-order chi connectivity index (χ1) is 7.76. The number of unbranched alkanes of at least 4 members (excludes halogenated alkanes) is 2. The van der Waals surface area contributed by atoms with Gasteiger partial charge in [0, 0.05) is 5.69 Å². The lowest BCUT2D eigenvalue weighted by Gasteiger charge is -2.05. The minimum atomic E-state index is -0.154. The summed E-state index contributed by atoms with van der Waals surface area (Å²) in [7, 11) is 0. The zero-order valence-electron chi connectivity index (χ0n) is 9.83. The largest absolute Gasteiger partial charge is 0.325 e. The molecule has 0 radical (unpaired) electrons. The smallest absolute Gasteiger partial charge is 0.238 e. The third kappa shape index (κ3) is 4.45. The first-order valence-electron chi connectivity index (χ1n) is 5.85. The van der Waals surface area contributed by atoms with E-state index in [0.717, 1.165) is 12.1 Å². The van der Waals surface area contributed by atoms with Gasteiger partial charge in [-0.2, -0.15) is 0 Å². The molecule has 0 unspecified atom stereocenters. The number of carbonyl (C=O) groups is 1. The molecule has 0 spiro atoms. The fourth-order valence-electron chi connectivity index (χ4n) is 1.55. The van der Waals surface area contributed by atoms with E-state index >= 15 is 0 Å². The van der Waals surface area contributed by atoms with Crippen molar-refractivity contribution in [1.82, 2.24) is 0 Å². The van der Waals surface area contributed by atoms with E-state index < -0.39 is 0 Å². The van der Waals surface area contributed by atoms with Crippen LogP contribution in [0.4, 0.5) is 5.69 Å². The van der Waals surface area contributed by atoms with Gasteiger partial charge in [-0.05, 0) is 30.5 Å². The number of anilines is 1. The highest BCUT2D eigenvalue weighted by Crippen LogP contribution is 2.12.